The van der Waals surface area contributed by atoms with Crippen molar-refractivity contribution in [1.29, 1.82) is 0 Å². The van der Waals surface area contributed by atoms with Gasteiger partial charge in [0, 0.05) is 10.8 Å². The van der Waals surface area contributed by atoms with E-state index in [2.05, 4.69) is 15.3 Å². The van der Waals surface area contributed by atoms with E-state index in [0.29, 0.717) is 12.4 Å². The van der Waals surface area contributed by atoms with Crippen molar-refractivity contribution < 1.29 is 0 Å². The molecule has 1 aromatic heterocycles. The highest BCUT2D eigenvalue weighted by molar-refractivity contribution is 7.99. The summed E-state index contributed by atoms with van der Waals surface area (Å²) >= 11 is 7.48. The first kappa shape index (κ1) is 11.7. The molecule has 5 nitrogen and oxygen atoms in total. The number of hydrogen-bond donors (Lipinski definition) is 1. The largest absolute Gasteiger partial charge is 0.324 e. The van der Waals surface area contributed by atoms with E-state index in [9.17, 15) is 0 Å². The highest BCUT2D eigenvalue weighted by Gasteiger charge is 2.18. The van der Waals surface area contributed by atoms with Crippen LogP contribution in [0.15, 0.2) is 34.5 Å². The summed E-state index contributed by atoms with van der Waals surface area (Å²) in [6.45, 7) is 0.324. The molecule has 0 saturated heterocycles. The second kappa shape index (κ2) is 4.72. The lowest BCUT2D eigenvalue weighted by Gasteiger charge is -2.13. The number of nitrogens with two attached hydrogens (primary N) is 1. The third-order valence-electron chi connectivity index (χ3n) is 2.60. The van der Waals surface area contributed by atoms with Crippen molar-refractivity contribution >= 4 is 29.1 Å². The molecule has 0 bridgehead atoms. The molecule has 0 saturated carbocycles. The van der Waals surface area contributed by atoms with E-state index in [0.717, 1.165) is 27.2 Å². The maximum atomic E-state index is 5.88. The van der Waals surface area contributed by atoms with Crippen LogP contribution in [0.2, 0.25) is 5.02 Å². The fourth-order valence-electron chi connectivity index (χ4n) is 1.68. The van der Waals surface area contributed by atoms with Crippen molar-refractivity contribution in [1.82, 2.24) is 14.9 Å². The fourth-order valence-corrected chi connectivity index (χ4v) is 2.66. The van der Waals surface area contributed by atoms with Gasteiger partial charge in [0.05, 0.1) is 12.3 Å². The molecule has 2 heterocycles. The molecule has 0 atom stereocenters. The van der Waals surface area contributed by atoms with Crippen LogP contribution < -0.4 is 5.73 Å². The van der Waals surface area contributed by atoms with Gasteiger partial charge in [-0.2, -0.15) is 9.78 Å². The molecule has 2 aromatic rings. The zero-order valence-corrected chi connectivity index (χ0v) is 10.9. The molecule has 0 radical (unpaired) electrons. The topological polar surface area (TPSA) is 69.1 Å². The first-order valence-corrected chi connectivity index (χ1v) is 6.75. The Bertz CT molecular complexity index is 604. The monoisotopic (exact) mass is 279 g/mol. The van der Waals surface area contributed by atoms with E-state index in [1.807, 2.05) is 24.3 Å². The minimum absolute atomic E-state index is 0.324. The van der Waals surface area contributed by atoms with Gasteiger partial charge in [0.25, 0.3) is 0 Å². The predicted octanol–water partition coefficient (Wildman–Crippen LogP) is 1.75. The van der Waals surface area contributed by atoms with Gasteiger partial charge in [-0.3, -0.25) is 0 Å². The first-order valence-electron chi connectivity index (χ1n) is 5.39. The highest BCUT2D eigenvalue weighted by atomic mass is 35.5. The Morgan fingerprint density at radius 1 is 1.28 bits per heavy atom. The molecule has 0 aliphatic carbocycles. The van der Waals surface area contributed by atoms with Gasteiger partial charge in [0.1, 0.15) is 0 Å². The summed E-state index contributed by atoms with van der Waals surface area (Å²) in [5, 5.41) is 14.1. The maximum Gasteiger partial charge on any atom is 0.212 e. The van der Waals surface area contributed by atoms with E-state index >= 15 is 0 Å². The average Bonchev–Trinajstić information content (AvgIpc) is 2.81. The Hall–Kier alpha value is -1.37. The molecule has 0 spiro atoms. The number of halogens is 1. The normalized spacial score (nSPS) is 14.2. The van der Waals surface area contributed by atoms with Crippen LogP contribution in [0.4, 0.5) is 0 Å². The number of aromatic nitrogens is 3. The number of rotatable bonds is 2. The standard InChI is InChI=1S/C11H10ClN5S/c12-8-3-1-7(2-4-8)9-6-18-11-15-14-10(5-13)17(11)16-9/h1-4H,5-6,13H2. The first-order chi connectivity index (χ1) is 8.78. The van der Waals surface area contributed by atoms with Crippen molar-refractivity contribution in [3.63, 3.8) is 0 Å². The molecular formula is C11H10ClN5S. The third-order valence-corrected chi connectivity index (χ3v) is 3.78. The van der Waals surface area contributed by atoms with Crippen molar-refractivity contribution in [3.05, 3.63) is 40.7 Å². The van der Waals surface area contributed by atoms with Crippen LogP contribution in [0, 0.1) is 0 Å². The fraction of sp³-hybridized carbons (Fsp3) is 0.182. The van der Waals surface area contributed by atoms with Gasteiger partial charge in [0.2, 0.25) is 5.16 Å². The lowest BCUT2D eigenvalue weighted by atomic mass is 10.1. The minimum atomic E-state index is 0.324. The van der Waals surface area contributed by atoms with Gasteiger partial charge in [-0.05, 0) is 17.7 Å². The Labute approximate surface area is 113 Å². The van der Waals surface area contributed by atoms with Crippen molar-refractivity contribution in [2.45, 2.75) is 11.7 Å². The second-order valence-electron chi connectivity index (χ2n) is 3.76. The second-order valence-corrected chi connectivity index (χ2v) is 5.14. The van der Waals surface area contributed by atoms with Crippen LogP contribution in [0.3, 0.4) is 0 Å². The lowest BCUT2D eigenvalue weighted by Crippen LogP contribution is -2.15. The Morgan fingerprint density at radius 2 is 2.06 bits per heavy atom. The summed E-state index contributed by atoms with van der Waals surface area (Å²) in [6.07, 6.45) is 0. The number of hydrogen-bond acceptors (Lipinski definition) is 5. The summed E-state index contributed by atoms with van der Waals surface area (Å²) in [5.74, 6) is 1.44. The van der Waals surface area contributed by atoms with Crippen LogP contribution in [-0.2, 0) is 6.54 Å². The van der Waals surface area contributed by atoms with Gasteiger partial charge in [-0.15, -0.1) is 10.2 Å². The summed E-state index contributed by atoms with van der Waals surface area (Å²) in [5.41, 5.74) is 7.62. The molecule has 0 fully saturated rings. The zero-order chi connectivity index (χ0) is 12.5. The van der Waals surface area contributed by atoms with Gasteiger partial charge >= 0.3 is 0 Å². The minimum Gasteiger partial charge on any atom is -0.324 e. The van der Waals surface area contributed by atoms with Gasteiger partial charge in [-0.25, -0.2) is 0 Å². The molecular weight excluding hydrogens is 270 g/mol. The predicted molar refractivity (Wildman–Crippen MR) is 72.0 cm³/mol. The maximum absolute atomic E-state index is 5.88. The van der Waals surface area contributed by atoms with E-state index in [1.54, 1.807) is 16.4 Å². The molecule has 0 unspecified atom stereocenters. The van der Waals surface area contributed by atoms with Gasteiger partial charge in [0.15, 0.2) is 5.82 Å². The smallest absolute Gasteiger partial charge is 0.212 e. The number of thioether (sulfide) groups is 1. The van der Waals surface area contributed by atoms with Crippen LogP contribution in [-0.4, -0.2) is 26.3 Å². The SMILES string of the molecule is NCc1nnc2n1N=C(c1ccc(Cl)cc1)CS2. The number of nitrogens with zero attached hydrogens (tertiary/aromatic N) is 4. The number of fused-ring (bicyclic) bond motifs is 1. The van der Waals surface area contributed by atoms with Crippen molar-refractivity contribution in [2.24, 2.45) is 10.8 Å². The summed E-state index contributed by atoms with van der Waals surface area (Å²) in [7, 11) is 0. The summed E-state index contributed by atoms with van der Waals surface area (Å²) in [4.78, 5) is 0. The Morgan fingerprint density at radius 3 is 2.78 bits per heavy atom. The van der Waals surface area contributed by atoms with Gasteiger partial charge in [-0.1, -0.05) is 35.5 Å². The van der Waals surface area contributed by atoms with Crippen molar-refractivity contribution in [3.8, 4) is 0 Å². The molecule has 18 heavy (non-hydrogen) atoms. The Balaban J connectivity index is 2.02. The van der Waals surface area contributed by atoms with Gasteiger partial charge < -0.3 is 5.73 Å². The van der Waals surface area contributed by atoms with E-state index in [1.165, 1.54) is 0 Å². The molecule has 0 amide bonds. The summed E-state index contributed by atoms with van der Waals surface area (Å²) < 4.78 is 1.71. The Kier molecular flexibility index (Phi) is 3.07. The molecule has 2 N–H and O–H groups in total. The highest BCUT2D eigenvalue weighted by Crippen LogP contribution is 2.24. The van der Waals surface area contributed by atoms with E-state index in [-0.39, 0.29) is 0 Å². The van der Waals surface area contributed by atoms with E-state index < -0.39 is 0 Å². The number of benzene rings is 1. The van der Waals surface area contributed by atoms with Crippen LogP contribution in [0.25, 0.3) is 0 Å². The lowest BCUT2D eigenvalue weighted by molar-refractivity contribution is 0.708. The zero-order valence-electron chi connectivity index (χ0n) is 9.38. The average molecular weight is 280 g/mol. The molecule has 3 rings (SSSR count). The summed E-state index contributed by atoms with van der Waals surface area (Å²) in [6, 6.07) is 7.63. The molecule has 92 valence electrons. The molecule has 7 heteroatoms. The van der Waals surface area contributed by atoms with Crippen LogP contribution >= 0.6 is 23.4 Å². The molecule has 1 aliphatic heterocycles. The molecule has 1 aromatic carbocycles. The van der Waals surface area contributed by atoms with Crippen molar-refractivity contribution in [2.75, 3.05) is 5.75 Å². The quantitative estimate of drug-likeness (QED) is 0.909. The van der Waals surface area contributed by atoms with E-state index in [4.69, 9.17) is 17.3 Å². The third kappa shape index (κ3) is 2.03. The molecule has 1 aliphatic rings. The van der Waals surface area contributed by atoms with Crippen LogP contribution in [0.5, 0.6) is 0 Å². The van der Waals surface area contributed by atoms with Crippen LogP contribution in [0.1, 0.15) is 11.4 Å².